The van der Waals surface area contributed by atoms with Gasteiger partial charge >= 0.3 is 0 Å². The predicted molar refractivity (Wildman–Crippen MR) is 136 cm³/mol. The minimum atomic E-state index is -0.289. The van der Waals surface area contributed by atoms with E-state index in [1.54, 1.807) is 0 Å². The van der Waals surface area contributed by atoms with Crippen molar-refractivity contribution in [2.24, 2.45) is 11.3 Å². The smallest absolute Gasteiger partial charge is 0.251 e. The molecule has 1 atom stereocenters. The number of aromatic nitrogens is 5. The Labute approximate surface area is 202 Å². The van der Waals surface area contributed by atoms with Crippen LogP contribution in [0.1, 0.15) is 47.5 Å². The van der Waals surface area contributed by atoms with E-state index in [1.165, 1.54) is 42.5 Å². The first-order chi connectivity index (χ1) is 16.2. The Morgan fingerprint density at radius 3 is 2.74 bits per heavy atom. The topological polar surface area (TPSA) is 85.6 Å². The molecule has 0 fully saturated rings. The summed E-state index contributed by atoms with van der Waals surface area (Å²) in [5, 5.41) is 10.0. The number of rotatable bonds is 8. The van der Waals surface area contributed by atoms with Gasteiger partial charge in [0.2, 0.25) is 5.95 Å². The van der Waals surface area contributed by atoms with E-state index >= 15 is 0 Å². The summed E-state index contributed by atoms with van der Waals surface area (Å²) in [5.41, 5.74) is 5.01. The summed E-state index contributed by atoms with van der Waals surface area (Å²) < 4.78 is 2.17. The van der Waals surface area contributed by atoms with E-state index in [0.717, 1.165) is 17.7 Å². The third-order valence-corrected chi connectivity index (χ3v) is 6.18. The Kier molecular flexibility index (Phi) is 8.46. The van der Waals surface area contributed by atoms with Crippen molar-refractivity contribution in [1.82, 2.24) is 24.7 Å². The number of imidazole rings is 1. The van der Waals surface area contributed by atoms with Gasteiger partial charge in [0.05, 0.1) is 18.7 Å². The molecule has 0 aromatic carbocycles. The van der Waals surface area contributed by atoms with E-state index in [0.29, 0.717) is 5.92 Å². The Morgan fingerprint density at radius 2 is 2.03 bits per heavy atom. The van der Waals surface area contributed by atoms with Crippen molar-refractivity contribution in [2.75, 3.05) is 5.32 Å². The highest BCUT2D eigenvalue weighted by atomic mass is 16.1. The minimum Gasteiger partial charge on any atom is -0.337 e. The molecule has 0 saturated heterocycles. The van der Waals surface area contributed by atoms with Gasteiger partial charge in [-0.3, -0.25) is 10.1 Å². The molecule has 7 heteroatoms. The van der Waals surface area contributed by atoms with Crippen LogP contribution in [0.25, 0.3) is 0 Å². The molecule has 1 aliphatic carbocycles. The van der Waals surface area contributed by atoms with Crippen LogP contribution in [0.4, 0.5) is 5.95 Å². The molecule has 2 heterocycles. The summed E-state index contributed by atoms with van der Waals surface area (Å²) in [7, 11) is 0. The van der Waals surface area contributed by atoms with Gasteiger partial charge in [-0.1, -0.05) is 55.4 Å². The molecule has 0 aliphatic heterocycles. The lowest BCUT2D eigenvalue weighted by Gasteiger charge is -2.37. The maximum atomic E-state index is 12.0. The first-order valence-corrected chi connectivity index (χ1v) is 11.6. The largest absolute Gasteiger partial charge is 0.337 e. The predicted octanol–water partition coefficient (Wildman–Crippen LogP) is 5.46. The number of carbonyl (C=O) groups excluding carboxylic acids is 1. The van der Waals surface area contributed by atoms with Crippen molar-refractivity contribution in [3.05, 3.63) is 89.9 Å². The fourth-order valence-corrected chi connectivity index (χ4v) is 4.20. The first-order valence-electron chi connectivity index (χ1n) is 11.6. The van der Waals surface area contributed by atoms with Gasteiger partial charge in [0, 0.05) is 25.0 Å². The van der Waals surface area contributed by atoms with Crippen molar-refractivity contribution in [1.29, 1.82) is 0 Å². The molecule has 3 rings (SSSR count). The van der Waals surface area contributed by atoms with Crippen LogP contribution >= 0.6 is 0 Å². The van der Waals surface area contributed by atoms with Crippen molar-refractivity contribution < 1.29 is 4.79 Å². The SMILES string of the molecule is CC1=C(/C=C/C(C)=C/C=C/C(C)=C/C(=O)Nc2nccnn2)C(C)(C)CCC1Cn1ccnc1. The Hall–Kier alpha value is -3.61. The van der Waals surface area contributed by atoms with Gasteiger partial charge in [0.15, 0.2) is 0 Å². The first kappa shape index (κ1) is 25.0. The van der Waals surface area contributed by atoms with E-state index in [4.69, 9.17) is 0 Å². The lowest BCUT2D eigenvalue weighted by atomic mass is 9.68. The van der Waals surface area contributed by atoms with Gasteiger partial charge in [-0.15, -0.1) is 5.10 Å². The van der Waals surface area contributed by atoms with Crippen LogP contribution in [0.3, 0.4) is 0 Å². The molecule has 1 unspecified atom stereocenters. The highest BCUT2D eigenvalue weighted by Gasteiger charge is 2.31. The second-order valence-electron chi connectivity index (χ2n) is 9.42. The lowest BCUT2D eigenvalue weighted by molar-refractivity contribution is -0.112. The molecule has 0 radical (unpaired) electrons. The number of nitrogens with one attached hydrogen (secondary N) is 1. The van der Waals surface area contributed by atoms with Gasteiger partial charge in [-0.25, -0.2) is 9.97 Å². The summed E-state index contributed by atoms with van der Waals surface area (Å²) in [6.07, 6.45) is 22.9. The average molecular weight is 459 g/mol. The van der Waals surface area contributed by atoms with Crippen LogP contribution in [0.15, 0.2) is 89.9 Å². The van der Waals surface area contributed by atoms with Crippen molar-refractivity contribution in [3.63, 3.8) is 0 Å². The standard InChI is InChI=1S/C27H34N6O/c1-20(7-6-8-21(2)17-25(34)31-26-29-13-14-30-32-26)9-10-24-22(3)23(11-12-27(24,4)5)18-33-16-15-28-19-33/h6-10,13-17,19,23H,11-12,18H2,1-5H3,(H,29,31,32,34)/b8-6+,10-9+,20-7+,21-17+. The summed E-state index contributed by atoms with van der Waals surface area (Å²) in [6.45, 7) is 11.9. The normalized spacial score (nSPS) is 19.3. The fraction of sp³-hybridized carbons (Fsp3) is 0.370. The summed E-state index contributed by atoms with van der Waals surface area (Å²) >= 11 is 0. The number of nitrogens with zero attached hydrogens (tertiary/aromatic N) is 5. The van der Waals surface area contributed by atoms with E-state index in [9.17, 15) is 4.79 Å². The molecule has 1 N–H and O–H groups in total. The zero-order valence-electron chi connectivity index (χ0n) is 20.7. The number of hydrogen-bond donors (Lipinski definition) is 1. The van der Waals surface area contributed by atoms with Crippen LogP contribution in [-0.4, -0.2) is 30.6 Å². The van der Waals surface area contributed by atoms with Gasteiger partial charge < -0.3 is 4.57 Å². The Balaban J connectivity index is 1.64. The van der Waals surface area contributed by atoms with Gasteiger partial charge in [0.25, 0.3) is 5.91 Å². The van der Waals surface area contributed by atoms with Gasteiger partial charge in [-0.05, 0) is 56.1 Å². The monoisotopic (exact) mass is 458 g/mol. The highest BCUT2D eigenvalue weighted by Crippen LogP contribution is 2.44. The molecule has 2 aromatic rings. The zero-order chi connectivity index (χ0) is 24.6. The van der Waals surface area contributed by atoms with Crippen LogP contribution in [0.5, 0.6) is 0 Å². The summed E-state index contributed by atoms with van der Waals surface area (Å²) in [4.78, 5) is 20.2. The Bertz CT molecular complexity index is 1120. The molecule has 178 valence electrons. The number of hydrogen-bond acceptors (Lipinski definition) is 5. The third-order valence-electron chi connectivity index (χ3n) is 6.18. The zero-order valence-corrected chi connectivity index (χ0v) is 20.7. The molecule has 1 aliphatic rings. The lowest BCUT2D eigenvalue weighted by Crippen LogP contribution is -2.26. The second-order valence-corrected chi connectivity index (χ2v) is 9.42. The maximum Gasteiger partial charge on any atom is 0.251 e. The molecule has 7 nitrogen and oxygen atoms in total. The number of allylic oxidation sites excluding steroid dienone is 9. The van der Waals surface area contributed by atoms with Crippen LogP contribution in [0.2, 0.25) is 0 Å². The quantitative estimate of drug-likeness (QED) is 0.419. The molecule has 0 spiro atoms. The third kappa shape index (κ3) is 7.20. The number of carbonyl (C=O) groups is 1. The second kappa shape index (κ2) is 11.5. The molecule has 34 heavy (non-hydrogen) atoms. The van der Waals surface area contributed by atoms with E-state index in [1.807, 2.05) is 43.9 Å². The number of anilines is 1. The minimum absolute atomic E-state index is 0.160. The maximum absolute atomic E-state index is 12.0. The molecular weight excluding hydrogens is 424 g/mol. The molecule has 0 saturated carbocycles. The molecule has 2 aromatic heterocycles. The molecule has 0 bridgehead atoms. The van der Waals surface area contributed by atoms with Crippen molar-refractivity contribution >= 4 is 11.9 Å². The summed E-state index contributed by atoms with van der Waals surface area (Å²) in [5.74, 6) is 0.425. The Morgan fingerprint density at radius 1 is 1.21 bits per heavy atom. The molecular formula is C27H34N6O. The van der Waals surface area contributed by atoms with E-state index < -0.39 is 0 Å². The summed E-state index contributed by atoms with van der Waals surface area (Å²) in [6, 6.07) is 0. The van der Waals surface area contributed by atoms with Gasteiger partial charge in [0.1, 0.15) is 0 Å². The van der Waals surface area contributed by atoms with Crippen LogP contribution < -0.4 is 5.32 Å². The van der Waals surface area contributed by atoms with E-state index in [-0.39, 0.29) is 17.3 Å². The molecule has 1 amide bonds. The van der Waals surface area contributed by atoms with Crippen molar-refractivity contribution in [3.8, 4) is 0 Å². The van der Waals surface area contributed by atoms with Crippen molar-refractivity contribution in [2.45, 2.75) is 54.0 Å². The highest BCUT2D eigenvalue weighted by molar-refractivity contribution is 5.98. The van der Waals surface area contributed by atoms with Crippen LogP contribution in [-0.2, 0) is 11.3 Å². The van der Waals surface area contributed by atoms with E-state index in [2.05, 4.69) is 69.9 Å². The van der Waals surface area contributed by atoms with Gasteiger partial charge in [-0.2, -0.15) is 5.10 Å². The average Bonchev–Trinajstić information content (AvgIpc) is 3.29. The van der Waals surface area contributed by atoms with Crippen LogP contribution in [0, 0.1) is 11.3 Å². The number of amides is 1. The fourth-order valence-electron chi connectivity index (χ4n) is 4.20.